The summed E-state index contributed by atoms with van der Waals surface area (Å²) in [5.41, 5.74) is 3.91. The fourth-order valence-corrected chi connectivity index (χ4v) is 5.81. The van der Waals surface area contributed by atoms with Crippen molar-refractivity contribution in [3.8, 4) is 0 Å². The summed E-state index contributed by atoms with van der Waals surface area (Å²) in [5, 5.41) is 16.9. The molecule has 1 aliphatic rings. The minimum Gasteiger partial charge on any atom is -0.481 e. The Balaban J connectivity index is 2.59. The second-order valence-corrected chi connectivity index (χ2v) is 13.3. The van der Waals surface area contributed by atoms with E-state index in [1.165, 1.54) is 7.11 Å². The number of amides is 4. The van der Waals surface area contributed by atoms with Crippen molar-refractivity contribution in [2.75, 3.05) is 27.3 Å². The van der Waals surface area contributed by atoms with Crippen LogP contribution in [-0.4, -0.2) is 96.6 Å². The molecule has 0 unspecified atom stereocenters. The second-order valence-electron chi connectivity index (χ2n) is 13.3. The lowest BCUT2D eigenvalue weighted by atomic mass is 9.89. The molecular weight excluding hydrogens is 650 g/mol. The summed E-state index contributed by atoms with van der Waals surface area (Å²) < 4.78 is 9.50. The van der Waals surface area contributed by atoms with Crippen molar-refractivity contribution in [1.82, 2.24) is 26.1 Å². The van der Waals surface area contributed by atoms with Gasteiger partial charge in [-0.1, -0.05) is 77.3 Å². The highest BCUT2D eigenvalue weighted by atomic mass is 16.7. The summed E-state index contributed by atoms with van der Waals surface area (Å²) in [6.45, 7) is 7.39. The van der Waals surface area contributed by atoms with Crippen molar-refractivity contribution < 1.29 is 48.2 Å². The Morgan fingerprint density at radius 1 is 0.840 bits per heavy atom. The lowest BCUT2D eigenvalue weighted by molar-refractivity contribution is -0.212. The van der Waals surface area contributed by atoms with Crippen LogP contribution in [0.25, 0.3) is 0 Å². The van der Waals surface area contributed by atoms with E-state index in [1.54, 1.807) is 32.7 Å². The number of nitrogens with one attached hydrogen (secondary N) is 3. The second kappa shape index (κ2) is 21.6. The van der Waals surface area contributed by atoms with Crippen molar-refractivity contribution >= 4 is 35.9 Å². The quantitative estimate of drug-likeness (QED) is 0.162. The number of hydrogen-bond donors (Lipinski definition) is 4. The van der Waals surface area contributed by atoms with Crippen LogP contribution >= 0.6 is 0 Å². The number of nitrogens with zero attached hydrogens (tertiary/aromatic N) is 2. The van der Waals surface area contributed by atoms with Gasteiger partial charge in [0.1, 0.15) is 12.1 Å². The van der Waals surface area contributed by atoms with Gasteiger partial charge >= 0.3 is 24.1 Å². The molecule has 0 bridgehead atoms. The topological polar surface area (TPSA) is 193 Å². The molecule has 0 heterocycles. The lowest BCUT2D eigenvalue weighted by Crippen LogP contribution is -2.60. The third kappa shape index (κ3) is 14.6. The van der Waals surface area contributed by atoms with Crippen LogP contribution in [0.1, 0.15) is 84.6 Å². The Hall–Kier alpha value is -4.40. The molecule has 280 valence electrons. The van der Waals surface area contributed by atoms with E-state index >= 15 is 0 Å². The van der Waals surface area contributed by atoms with Gasteiger partial charge in [0.25, 0.3) is 11.8 Å². The summed E-state index contributed by atoms with van der Waals surface area (Å²) in [5.74, 6) is -3.95. The highest BCUT2D eigenvalue weighted by Crippen LogP contribution is 2.25. The summed E-state index contributed by atoms with van der Waals surface area (Å²) in [4.78, 5) is 82.5. The van der Waals surface area contributed by atoms with Gasteiger partial charge < -0.3 is 30.1 Å². The van der Waals surface area contributed by atoms with Crippen LogP contribution in [0.2, 0.25) is 0 Å². The smallest absolute Gasteiger partial charge is 0.407 e. The van der Waals surface area contributed by atoms with Gasteiger partial charge in [-0.25, -0.2) is 19.4 Å². The maximum absolute atomic E-state index is 14.3. The molecule has 1 aliphatic carbocycles. The molecule has 0 saturated heterocycles. The van der Waals surface area contributed by atoms with E-state index < -0.39 is 72.8 Å². The number of rotatable bonds is 18. The number of methoxy groups -OCH3 is 2. The number of hydrogen-bond acceptors (Lipinski definition) is 10. The van der Waals surface area contributed by atoms with Crippen molar-refractivity contribution in [3.05, 3.63) is 35.9 Å². The standard InChI is InChI=1S/C35H55N5O10/c1-23(2)30(36-34(46)48-5)32(44)38-39(21-26-15-11-8-12-16-26)22-27(18-17-25-13-9-7-10-14-25)40(50-29(43)20-19-28(41)42)33(45)31(24(3)4)37-35(47)49-6/h7,9-10,13-14,23-24,26-27,30-31H,8,11-12,15-22H2,1-6H3,(H,36,46)(H,37,47)(H,38,44)(H,41,42)/t27-,30-,31-/m0/s1. The SMILES string of the molecule is COC(=O)N[C@H](C(=O)NN(CC1CCCCC1)C[C@H](CCc1ccccc1)N(OC(=O)CCC(=O)O)C(=O)[C@@H](NC(=O)OC)C(C)C)C(C)C. The molecular formula is C35H55N5O10. The van der Waals surface area contributed by atoms with Crippen LogP contribution in [0.4, 0.5) is 9.59 Å². The predicted molar refractivity (Wildman–Crippen MR) is 183 cm³/mol. The van der Waals surface area contributed by atoms with Crippen LogP contribution in [0, 0.1) is 17.8 Å². The van der Waals surface area contributed by atoms with Gasteiger partial charge in [0.05, 0.1) is 33.1 Å². The molecule has 0 spiro atoms. The summed E-state index contributed by atoms with van der Waals surface area (Å²) in [6, 6.07) is 6.48. The van der Waals surface area contributed by atoms with E-state index in [1.807, 2.05) is 30.3 Å². The minimum absolute atomic E-state index is 0.000890. The first kappa shape index (κ1) is 41.8. The Bertz CT molecular complexity index is 1260. The first-order valence-electron chi connectivity index (χ1n) is 17.3. The zero-order chi connectivity index (χ0) is 37.2. The van der Waals surface area contributed by atoms with Crippen molar-refractivity contribution in [3.63, 3.8) is 0 Å². The zero-order valence-corrected chi connectivity index (χ0v) is 30.1. The van der Waals surface area contributed by atoms with E-state index in [4.69, 9.17) is 14.3 Å². The van der Waals surface area contributed by atoms with Gasteiger partial charge in [-0.05, 0) is 49.0 Å². The van der Waals surface area contributed by atoms with Crippen LogP contribution in [0.5, 0.6) is 0 Å². The fourth-order valence-electron chi connectivity index (χ4n) is 5.81. The van der Waals surface area contributed by atoms with E-state index in [-0.39, 0.29) is 24.8 Å². The molecule has 0 radical (unpaired) electrons. The summed E-state index contributed by atoms with van der Waals surface area (Å²) in [7, 11) is 2.37. The maximum atomic E-state index is 14.3. The van der Waals surface area contributed by atoms with Crippen LogP contribution in [0.3, 0.4) is 0 Å². The fraction of sp³-hybridized carbons (Fsp3) is 0.657. The number of hydroxylamine groups is 2. The molecule has 2 rings (SSSR count). The molecule has 3 atom stereocenters. The highest BCUT2D eigenvalue weighted by Gasteiger charge is 2.38. The average molecular weight is 706 g/mol. The van der Waals surface area contributed by atoms with Crippen LogP contribution < -0.4 is 16.1 Å². The molecule has 1 saturated carbocycles. The van der Waals surface area contributed by atoms with E-state index in [0.717, 1.165) is 49.8 Å². The summed E-state index contributed by atoms with van der Waals surface area (Å²) >= 11 is 0. The maximum Gasteiger partial charge on any atom is 0.407 e. The monoisotopic (exact) mass is 705 g/mol. The van der Waals surface area contributed by atoms with Gasteiger partial charge in [-0.2, -0.15) is 5.06 Å². The number of carboxylic acids is 1. The van der Waals surface area contributed by atoms with Crippen LogP contribution in [-0.2, 0) is 39.9 Å². The average Bonchev–Trinajstić information content (AvgIpc) is 3.09. The van der Waals surface area contributed by atoms with Gasteiger partial charge in [0.2, 0.25) is 0 Å². The Morgan fingerprint density at radius 3 is 1.96 bits per heavy atom. The third-order valence-electron chi connectivity index (χ3n) is 8.60. The number of carboxylic acid groups (broad SMARTS) is 1. The molecule has 0 aromatic heterocycles. The van der Waals surface area contributed by atoms with E-state index in [2.05, 4.69) is 16.1 Å². The molecule has 15 heteroatoms. The number of carbonyl (C=O) groups excluding carboxylic acids is 5. The molecule has 4 N–H and O–H groups in total. The van der Waals surface area contributed by atoms with Crippen LogP contribution in [0.15, 0.2) is 30.3 Å². The lowest BCUT2D eigenvalue weighted by Gasteiger charge is -2.38. The first-order chi connectivity index (χ1) is 23.7. The largest absolute Gasteiger partial charge is 0.481 e. The normalized spacial score (nSPS) is 15.1. The van der Waals surface area contributed by atoms with Crippen molar-refractivity contribution in [2.24, 2.45) is 17.8 Å². The van der Waals surface area contributed by atoms with Gasteiger partial charge in [-0.3, -0.25) is 19.8 Å². The Kier molecular flexibility index (Phi) is 18.1. The molecule has 1 aromatic carbocycles. The summed E-state index contributed by atoms with van der Waals surface area (Å²) in [6.07, 6.45) is 3.10. The molecule has 50 heavy (non-hydrogen) atoms. The van der Waals surface area contributed by atoms with Gasteiger partial charge in [0, 0.05) is 13.1 Å². The number of aliphatic carboxylic acids is 1. The minimum atomic E-state index is -1.21. The number of hydrazine groups is 1. The Labute approximate surface area is 294 Å². The number of alkyl carbamates (subject to hydrolysis) is 2. The van der Waals surface area contributed by atoms with E-state index in [0.29, 0.717) is 13.0 Å². The van der Waals surface area contributed by atoms with Crippen molar-refractivity contribution in [2.45, 2.75) is 104 Å². The highest BCUT2D eigenvalue weighted by molar-refractivity contribution is 5.87. The predicted octanol–water partition coefficient (Wildman–Crippen LogP) is 3.81. The number of carbonyl (C=O) groups is 6. The first-order valence-corrected chi connectivity index (χ1v) is 17.3. The molecule has 1 aromatic rings. The van der Waals surface area contributed by atoms with Gasteiger partial charge in [-0.15, -0.1) is 0 Å². The zero-order valence-electron chi connectivity index (χ0n) is 30.1. The Morgan fingerprint density at radius 2 is 1.42 bits per heavy atom. The molecule has 1 fully saturated rings. The van der Waals surface area contributed by atoms with E-state index in [9.17, 15) is 33.9 Å². The number of benzene rings is 1. The molecule has 15 nitrogen and oxygen atoms in total. The molecule has 4 amide bonds. The van der Waals surface area contributed by atoms with Gasteiger partial charge in [0.15, 0.2) is 0 Å². The number of aryl methyl sites for hydroxylation is 1. The molecule has 0 aliphatic heterocycles. The van der Waals surface area contributed by atoms with Crippen molar-refractivity contribution in [1.29, 1.82) is 0 Å². The third-order valence-corrected chi connectivity index (χ3v) is 8.60. The number of ether oxygens (including phenoxy) is 2.